The smallest absolute Gasteiger partial charge is 0.314 e. The van der Waals surface area contributed by atoms with Crippen LogP contribution in [0.1, 0.15) is 36.1 Å². The molecule has 4 heteroatoms. The normalized spacial score (nSPS) is 19.1. The first-order chi connectivity index (χ1) is 11.2. The Hall–Kier alpha value is -1.78. The van der Waals surface area contributed by atoms with Crippen LogP contribution in [0.15, 0.2) is 48.5 Å². The second-order valence-corrected chi connectivity index (χ2v) is 8.41. The molecule has 0 saturated heterocycles. The van der Waals surface area contributed by atoms with E-state index >= 15 is 0 Å². The van der Waals surface area contributed by atoms with E-state index in [1.54, 1.807) is 0 Å². The van der Waals surface area contributed by atoms with Gasteiger partial charge in [-0.15, -0.1) is 0 Å². The Bertz CT molecular complexity index is 684. The third-order valence-electron chi connectivity index (χ3n) is 4.22. The van der Waals surface area contributed by atoms with Crippen molar-refractivity contribution in [3.63, 3.8) is 0 Å². The topological polar surface area (TPSA) is 46.5 Å². The summed E-state index contributed by atoms with van der Waals surface area (Å²) in [5.74, 6) is 3.64. The van der Waals surface area contributed by atoms with Crippen LogP contribution >= 0.6 is 10.9 Å². The van der Waals surface area contributed by atoms with E-state index < -0.39 is 6.10 Å². The lowest BCUT2D eigenvalue weighted by Crippen LogP contribution is -2.13. The zero-order chi connectivity index (χ0) is 16.2. The van der Waals surface area contributed by atoms with Crippen molar-refractivity contribution in [2.24, 2.45) is 0 Å². The Morgan fingerprint density at radius 2 is 1.96 bits per heavy atom. The zero-order valence-corrected chi connectivity index (χ0v) is 14.1. The van der Waals surface area contributed by atoms with Crippen LogP contribution in [-0.4, -0.2) is 16.8 Å². The van der Waals surface area contributed by atoms with Crippen LogP contribution in [0.2, 0.25) is 0 Å². The molecule has 1 aliphatic rings. The van der Waals surface area contributed by atoms with Crippen molar-refractivity contribution in [2.75, 3.05) is 5.75 Å². The first-order valence-corrected chi connectivity index (χ1v) is 9.84. The Labute approximate surface area is 139 Å². The van der Waals surface area contributed by atoms with Gasteiger partial charge in [0.1, 0.15) is 5.75 Å². The van der Waals surface area contributed by atoms with Gasteiger partial charge < -0.3 is 9.84 Å². The van der Waals surface area contributed by atoms with Gasteiger partial charge in [0.2, 0.25) is 0 Å². The van der Waals surface area contributed by atoms with Gasteiger partial charge in [0.05, 0.1) is 12.5 Å². The summed E-state index contributed by atoms with van der Waals surface area (Å²) in [6.07, 6.45) is -0.857. The minimum absolute atomic E-state index is 0.00448. The maximum atomic E-state index is 12.2. The molecule has 2 aromatic carbocycles. The fraction of sp³-hybridized carbons (Fsp3) is 0.316. The first kappa shape index (κ1) is 16.1. The van der Waals surface area contributed by atoms with Gasteiger partial charge in [0.25, 0.3) is 0 Å². The number of esters is 1. The van der Waals surface area contributed by atoms with Crippen LogP contribution in [0.3, 0.4) is 0 Å². The number of thiol groups is 1. The van der Waals surface area contributed by atoms with Crippen molar-refractivity contribution in [3.05, 3.63) is 65.2 Å². The maximum Gasteiger partial charge on any atom is 0.314 e. The summed E-state index contributed by atoms with van der Waals surface area (Å²) in [5, 5.41) is 10.1. The number of hydrogen-bond donors (Lipinski definition) is 2. The van der Waals surface area contributed by atoms with Crippen LogP contribution in [-0.2, 0) is 16.3 Å². The number of ether oxygens (including phenoxy) is 1. The number of aliphatic hydroxyl groups is 1. The molecule has 0 aromatic heterocycles. The standard InChI is InChI=1S/C19H22O3S/c1-2-23-12-15-9-6-10-18(16(15)13-23)22-19(21)11-17(20)14-7-4-3-5-8-14/h3-10,17,20,23H,2,11-13H2,1H3. The minimum atomic E-state index is -0.826. The molecule has 0 fully saturated rings. The fourth-order valence-corrected chi connectivity index (χ4v) is 5.04. The van der Waals surface area contributed by atoms with Crippen molar-refractivity contribution in [2.45, 2.75) is 31.0 Å². The molecular formula is C19H22O3S. The Balaban J connectivity index is 1.67. The summed E-state index contributed by atoms with van der Waals surface area (Å²) in [4.78, 5) is 12.2. The van der Waals surface area contributed by atoms with Crippen LogP contribution in [0, 0.1) is 0 Å². The Kier molecular flexibility index (Phi) is 5.03. The first-order valence-electron chi connectivity index (χ1n) is 7.94. The third-order valence-corrected chi connectivity index (χ3v) is 6.67. The molecule has 23 heavy (non-hydrogen) atoms. The van der Waals surface area contributed by atoms with Crippen molar-refractivity contribution < 1.29 is 14.6 Å². The second kappa shape index (κ2) is 7.20. The molecule has 1 aliphatic heterocycles. The molecule has 0 bridgehead atoms. The molecule has 3 rings (SSSR count). The van der Waals surface area contributed by atoms with Crippen LogP contribution in [0.5, 0.6) is 5.75 Å². The van der Waals surface area contributed by atoms with E-state index in [4.69, 9.17) is 4.74 Å². The summed E-state index contributed by atoms with van der Waals surface area (Å²) < 4.78 is 5.55. The molecule has 122 valence electrons. The monoisotopic (exact) mass is 330 g/mol. The van der Waals surface area contributed by atoms with Gasteiger partial charge in [-0.05, 0) is 22.9 Å². The zero-order valence-electron chi connectivity index (χ0n) is 13.2. The van der Waals surface area contributed by atoms with Crippen molar-refractivity contribution in [1.82, 2.24) is 0 Å². The van der Waals surface area contributed by atoms with Gasteiger partial charge in [-0.3, -0.25) is 4.79 Å². The van der Waals surface area contributed by atoms with E-state index in [9.17, 15) is 9.90 Å². The van der Waals surface area contributed by atoms with Gasteiger partial charge in [-0.25, -0.2) is 10.9 Å². The van der Waals surface area contributed by atoms with E-state index in [0.717, 1.165) is 17.1 Å². The molecule has 2 aromatic rings. The van der Waals surface area contributed by atoms with E-state index in [1.807, 2.05) is 42.5 Å². The third kappa shape index (κ3) is 3.77. The lowest BCUT2D eigenvalue weighted by Gasteiger charge is -2.13. The number of hydrogen-bond acceptors (Lipinski definition) is 3. The van der Waals surface area contributed by atoms with Crippen molar-refractivity contribution in [3.8, 4) is 5.75 Å². The highest BCUT2D eigenvalue weighted by atomic mass is 32.2. The van der Waals surface area contributed by atoms with Crippen LogP contribution in [0.25, 0.3) is 0 Å². The molecule has 1 heterocycles. The molecule has 0 spiro atoms. The van der Waals surface area contributed by atoms with Gasteiger partial charge in [0.15, 0.2) is 0 Å². The molecule has 0 amide bonds. The molecule has 2 atom stereocenters. The van der Waals surface area contributed by atoms with Crippen molar-refractivity contribution >= 4 is 16.9 Å². The Morgan fingerprint density at radius 3 is 2.70 bits per heavy atom. The minimum Gasteiger partial charge on any atom is -0.426 e. The highest BCUT2D eigenvalue weighted by Gasteiger charge is 2.22. The van der Waals surface area contributed by atoms with Gasteiger partial charge in [0, 0.05) is 17.1 Å². The van der Waals surface area contributed by atoms with Crippen LogP contribution in [0.4, 0.5) is 0 Å². The predicted octanol–water partition coefficient (Wildman–Crippen LogP) is 3.75. The number of benzene rings is 2. The molecule has 0 aliphatic carbocycles. The summed E-state index contributed by atoms with van der Waals surface area (Å²) in [6.45, 7) is 2.22. The summed E-state index contributed by atoms with van der Waals surface area (Å²) in [5.41, 5.74) is 3.23. The fourth-order valence-electron chi connectivity index (χ4n) is 2.89. The van der Waals surface area contributed by atoms with E-state index in [-0.39, 0.29) is 23.3 Å². The summed E-state index contributed by atoms with van der Waals surface area (Å²) >= 11 is 0. The van der Waals surface area contributed by atoms with Crippen molar-refractivity contribution in [1.29, 1.82) is 0 Å². The van der Waals surface area contributed by atoms with E-state index in [0.29, 0.717) is 5.75 Å². The highest BCUT2D eigenvalue weighted by molar-refractivity contribution is 8.15. The molecular weight excluding hydrogens is 308 g/mol. The number of carbonyl (C=O) groups excluding carboxylic acids is 1. The number of fused-ring (bicyclic) bond motifs is 1. The average Bonchev–Trinajstić information content (AvgIpc) is 3.00. The van der Waals surface area contributed by atoms with Crippen LogP contribution < -0.4 is 4.74 Å². The quantitative estimate of drug-likeness (QED) is 0.499. The molecule has 2 unspecified atom stereocenters. The molecule has 3 nitrogen and oxygen atoms in total. The molecule has 0 saturated carbocycles. The van der Waals surface area contributed by atoms with Gasteiger partial charge in [-0.1, -0.05) is 49.4 Å². The number of rotatable bonds is 5. The lowest BCUT2D eigenvalue weighted by atomic mass is 10.1. The summed E-state index contributed by atoms with van der Waals surface area (Å²) in [7, 11) is -0.00448. The largest absolute Gasteiger partial charge is 0.426 e. The average molecular weight is 330 g/mol. The highest BCUT2D eigenvalue weighted by Crippen LogP contribution is 2.45. The predicted molar refractivity (Wildman–Crippen MR) is 95.0 cm³/mol. The van der Waals surface area contributed by atoms with Gasteiger partial charge >= 0.3 is 5.97 Å². The Morgan fingerprint density at radius 1 is 1.17 bits per heavy atom. The summed E-state index contributed by atoms with van der Waals surface area (Å²) in [6, 6.07) is 15.1. The SMILES string of the molecule is CC[SH]1Cc2cccc(OC(=O)CC(O)c3ccccc3)c2C1. The second-order valence-electron chi connectivity index (χ2n) is 5.80. The maximum absolute atomic E-state index is 12.2. The molecule has 0 radical (unpaired) electrons. The lowest BCUT2D eigenvalue weighted by molar-refractivity contribution is -0.136. The number of carbonyl (C=O) groups is 1. The number of aliphatic hydroxyl groups excluding tert-OH is 1. The van der Waals surface area contributed by atoms with E-state index in [1.165, 1.54) is 16.9 Å². The van der Waals surface area contributed by atoms with E-state index in [2.05, 4.69) is 13.0 Å². The molecule has 1 N–H and O–H groups in total. The van der Waals surface area contributed by atoms with Gasteiger partial charge in [-0.2, -0.15) is 0 Å².